The summed E-state index contributed by atoms with van der Waals surface area (Å²) < 4.78 is 20.9. The fraction of sp³-hybridized carbons (Fsp3) is 0.259. The van der Waals surface area contributed by atoms with Gasteiger partial charge in [0.05, 0.1) is 22.4 Å². The van der Waals surface area contributed by atoms with Crippen LogP contribution in [0.15, 0.2) is 60.0 Å². The van der Waals surface area contributed by atoms with Gasteiger partial charge in [0.2, 0.25) is 6.41 Å². The number of nitrogens with zero attached hydrogens (tertiary/aromatic N) is 6. The van der Waals surface area contributed by atoms with Crippen LogP contribution in [0.1, 0.15) is 13.8 Å². The molecule has 0 unspecified atom stereocenters. The Hall–Kier alpha value is -4.87. The number of benzene rings is 2. The van der Waals surface area contributed by atoms with Gasteiger partial charge >= 0.3 is 0 Å². The molecule has 0 radical (unpaired) electrons. The van der Waals surface area contributed by atoms with Gasteiger partial charge in [0, 0.05) is 38.8 Å². The highest BCUT2D eigenvalue weighted by atomic mass is 19.1. The molecule has 11 nitrogen and oxygen atoms in total. The van der Waals surface area contributed by atoms with Crippen molar-refractivity contribution in [2.45, 2.75) is 19.4 Å². The topological polar surface area (TPSA) is 132 Å². The molecule has 1 amide bonds. The first-order valence-electron chi connectivity index (χ1n) is 12.3. The number of aromatic nitrogens is 3. The van der Waals surface area contributed by atoms with Crippen LogP contribution in [0.3, 0.4) is 0 Å². The summed E-state index contributed by atoms with van der Waals surface area (Å²) in [6.07, 6.45) is 2.28. The summed E-state index contributed by atoms with van der Waals surface area (Å²) in [6.45, 7) is 5.88. The van der Waals surface area contributed by atoms with Crippen molar-refractivity contribution in [2.24, 2.45) is 5.11 Å². The maximum absolute atomic E-state index is 15.1. The van der Waals surface area contributed by atoms with Crippen LogP contribution in [-0.4, -0.2) is 58.5 Å². The van der Waals surface area contributed by atoms with Crippen molar-refractivity contribution < 1.29 is 13.9 Å². The average Bonchev–Trinajstić information content (AvgIpc) is 2.93. The Bertz CT molecular complexity index is 1550. The quantitative estimate of drug-likeness (QED) is 0.202. The number of halogens is 1. The molecule has 1 fully saturated rings. The van der Waals surface area contributed by atoms with Crippen molar-refractivity contribution >= 4 is 46.1 Å². The molecule has 1 aliphatic rings. The first-order valence-corrected chi connectivity index (χ1v) is 12.3. The van der Waals surface area contributed by atoms with Crippen LogP contribution >= 0.6 is 0 Å². The molecule has 3 N–H and O–H groups in total. The van der Waals surface area contributed by atoms with Crippen molar-refractivity contribution in [3.8, 4) is 11.5 Å². The molecule has 0 aliphatic carbocycles. The lowest BCUT2D eigenvalue weighted by Crippen LogP contribution is -2.58. The Kier molecular flexibility index (Phi) is 6.92. The SMILES string of the molecule is CNc1ccc(Oc2ccc(Nc3ncnc4ccc(N5CCN(C=O)C(C)(C)C5)nc34)c(F)c2)cc1N=N. The molecule has 0 saturated carbocycles. The number of hydrogen-bond donors (Lipinski definition) is 3. The van der Waals surface area contributed by atoms with Gasteiger partial charge in [0.1, 0.15) is 40.7 Å². The van der Waals surface area contributed by atoms with Crippen LogP contribution in [0.25, 0.3) is 11.0 Å². The molecule has 1 saturated heterocycles. The monoisotopic (exact) mass is 529 g/mol. The van der Waals surface area contributed by atoms with E-state index in [-0.39, 0.29) is 17.0 Å². The van der Waals surface area contributed by atoms with Crippen LogP contribution in [-0.2, 0) is 4.79 Å². The van der Waals surface area contributed by atoms with Gasteiger partial charge in [-0.1, -0.05) is 0 Å². The van der Waals surface area contributed by atoms with Crippen molar-refractivity contribution in [2.75, 3.05) is 42.2 Å². The lowest BCUT2D eigenvalue weighted by atomic mass is 9.99. The number of pyridine rings is 1. The number of rotatable bonds is 8. The maximum atomic E-state index is 15.1. The van der Waals surface area contributed by atoms with Crippen LogP contribution in [0.2, 0.25) is 0 Å². The average molecular weight is 530 g/mol. The molecular weight excluding hydrogens is 501 g/mol. The molecular formula is C27H28FN9O2. The predicted octanol–water partition coefficient (Wildman–Crippen LogP) is 5.46. The fourth-order valence-electron chi connectivity index (χ4n) is 4.56. The van der Waals surface area contributed by atoms with Crippen molar-refractivity contribution in [1.29, 1.82) is 5.53 Å². The number of ether oxygens (including phenoxy) is 1. The van der Waals surface area contributed by atoms with E-state index in [0.717, 1.165) is 12.2 Å². The Balaban J connectivity index is 1.38. The second kappa shape index (κ2) is 10.5. The van der Waals surface area contributed by atoms with E-state index >= 15 is 4.39 Å². The van der Waals surface area contributed by atoms with E-state index in [0.29, 0.717) is 53.6 Å². The molecule has 5 rings (SSSR count). The summed E-state index contributed by atoms with van der Waals surface area (Å²) in [5, 5.41) is 9.47. The van der Waals surface area contributed by atoms with E-state index in [2.05, 4.69) is 30.6 Å². The van der Waals surface area contributed by atoms with E-state index in [1.54, 1.807) is 42.3 Å². The second-order valence-corrected chi connectivity index (χ2v) is 9.70. The van der Waals surface area contributed by atoms with Crippen LogP contribution < -0.4 is 20.3 Å². The summed E-state index contributed by atoms with van der Waals surface area (Å²) in [4.78, 5) is 28.7. The number of piperazine rings is 1. The van der Waals surface area contributed by atoms with E-state index < -0.39 is 5.82 Å². The number of fused-ring (bicyclic) bond motifs is 1. The first kappa shape index (κ1) is 25.8. The Labute approximate surface area is 224 Å². The van der Waals surface area contributed by atoms with Crippen LogP contribution in [0, 0.1) is 11.3 Å². The smallest absolute Gasteiger partial charge is 0.210 e. The van der Waals surface area contributed by atoms with E-state index in [1.165, 1.54) is 12.4 Å². The minimum absolute atomic E-state index is 0.197. The van der Waals surface area contributed by atoms with E-state index in [4.69, 9.17) is 15.3 Å². The van der Waals surface area contributed by atoms with Crippen molar-refractivity contribution in [3.63, 3.8) is 0 Å². The molecule has 1 aliphatic heterocycles. The molecule has 3 heterocycles. The standard InChI is InChI=1S/C27H28FN9O2/c1-27(2)14-36(10-11-37(27)16-38)24-9-8-22-25(34-24)26(32-15-31-22)33-20-6-4-17(12-19(20)28)39-18-5-7-21(30-3)23(13-18)35-29/h4-9,12-13,15-16,29-30H,10-11,14H2,1-3H3,(H,31,32,33). The van der Waals surface area contributed by atoms with Gasteiger partial charge < -0.3 is 25.2 Å². The molecule has 4 aromatic rings. The molecule has 0 atom stereocenters. The third-order valence-electron chi connectivity index (χ3n) is 6.67. The molecule has 0 bridgehead atoms. The van der Waals surface area contributed by atoms with Gasteiger partial charge in [0.15, 0.2) is 5.82 Å². The summed E-state index contributed by atoms with van der Waals surface area (Å²) in [7, 11) is 1.74. The number of carbonyl (C=O) groups is 1. The van der Waals surface area contributed by atoms with Gasteiger partial charge in [-0.2, -0.15) is 5.11 Å². The highest BCUT2D eigenvalue weighted by Gasteiger charge is 2.33. The normalized spacial score (nSPS) is 14.7. The predicted molar refractivity (Wildman–Crippen MR) is 147 cm³/mol. The van der Waals surface area contributed by atoms with Crippen LogP contribution in [0.4, 0.5) is 33.1 Å². The van der Waals surface area contributed by atoms with Gasteiger partial charge in [-0.15, -0.1) is 0 Å². The zero-order chi connectivity index (χ0) is 27.6. The molecule has 200 valence electrons. The van der Waals surface area contributed by atoms with Gasteiger partial charge in [-0.3, -0.25) is 4.79 Å². The number of nitrogens with one attached hydrogen (secondary N) is 3. The number of amides is 1. The van der Waals surface area contributed by atoms with E-state index in [1.807, 2.05) is 26.0 Å². The lowest BCUT2D eigenvalue weighted by molar-refractivity contribution is -0.123. The highest BCUT2D eigenvalue weighted by Crippen LogP contribution is 2.34. The number of hydrogen-bond acceptors (Lipinski definition) is 10. The van der Waals surface area contributed by atoms with Gasteiger partial charge in [-0.05, 0) is 50.2 Å². The molecule has 2 aromatic heterocycles. The number of anilines is 4. The Morgan fingerprint density at radius 1 is 1.08 bits per heavy atom. The summed E-state index contributed by atoms with van der Waals surface area (Å²) in [5.74, 6) is 1.27. The highest BCUT2D eigenvalue weighted by molar-refractivity contribution is 5.88. The minimum atomic E-state index is -0.542. The minimum Gasteiger partial charge on any atom is -0.457 e. The molecule has 12 heteroatoms. The molecule has 39 heavy (non-hydrogen) atoms. The summed E-state index contributed by atoms with van der Waals surface area (Å²) in [6, 6.07) is 13.2. The summed E-state index contributed by atoms with van der Waals surface area (Å²) >= 11 is 0. The van der Waals surface area contributed by atoms with Crippen molar-refractivity contribution in [3.05, 3.63) is 60.7 Å². The number of carbonyl (C=O) groups excluding carboxylic acids is 1. The van der Waals surface area contributed by atoms with Crippen molar-refractivity contribution in [1.82, 2.24) is 19.9 Å². The third-order valence-corrected chi connectivity index (χ3v) is 6.67. The zero-order valence-corrected chi connectivity index (χ0v) is 21.8. The lowest BCUT2D eigenvalue weighted by Gasteiger charge is -2.45. The van der Waals surface area contributed by atoms with E-state index in [9.17, 15) is 4.79 Å². The summed E-state index contributed by atoms with van der Waals surface area (Å²) in [5.41, 5.74) is 9.39. The largest absolute Gasteiger partial charge is 0.457 e. The molecule has 2 aromatic carbocycles. The van der Waals surface area contributed by atoms with Crippen LogP contribution in [0.5, 0.6) is 11.5 Å². The zero-order valence-electron chi connectivity index (χ0n) is 21.8. The molecule has 0 spiro atoms. The second-order valence-electron chi connectivity index (χ2n) is 9.70. The van der Waals surface area contributed by atoms with Gasteiger partial charge in [-0.25, -0.2) is 24.9 Å². The fourth-order valence-corrected chi connectivity index (χ4v) is 4.56. The maximum Gasteiger partial charge on any atom is 0.210 e. The Morgan fingerprint density at radius 2 is 1.85 bits per heavy atom. The third kappa shape index (κ3) is 5.26. The Morgan fingerprint density at radius 3 is 2.54 bits per heavy atom. The van der Waals surface area contributed by atoms with Gasteiger partial charge in [0.25, 0.3) is 0 Å². The first-order chi connectivity index (χ1) is 18.8.